The van der Waals surface area contributed by atoms with Crippen molar-refractivity contribution in [3.05, 3.63) is 40.5 Å². The van der Waals surface area contributed by atoms with Gasteiger partial charge in [0.25, 0.3) is 0 Å². The second kappa shape index (κ2) is 4.57. The molecule has 21 heavy (non-hydrogen) atoms. The molecule has 1 saturated carbocycles. The van der Waals surface area contributed by atoms with Crippen LogP contribution in [-0.2, 0) is 6.61 Å². The summed E-state index contributed by atoms with van der Waals surface area (Å²) in [5, 5.41) is 15.0. The van der Waals surface area contributed by atoms with Gasteiger partial charge in [0.2, 0.25) is 4.96 Å². The third-order valence-electron chi connectivity index (χ3n) is 3.57. The fourth-order valence-corrected chi connectivity index (χ4v) is 3.42. The van der Waals surface area contributed by atoms with Crippen molar-refractivity contribution in [2.24, 2.45) is 0 Å². The van der Waals surface area contributed by atoms with Crippen LogP contribution in [0.3, 0.4) is 0 Å². The second-order valence-electron chi connectivity index (χ2n) is 5.10. The Bertz CT molecular complexity index is 838. The summed E-state index contributed by atoms with van der Waals surface area (Å²) in [5.74, 6) is -0.629. The van der Waals surface area contributed by atoms with Gasteiger partial charge in [0.15, 0.2) is 0 Å². The van der Waals surface area contributed by atoms with Crippen LogP contribution in [0.5, 0.6) is 0 Å². The molecule has 0 unspecified atom stereocenters. The van der Waals surface area contributed by atoms with Crippen molar-refractivity contribution >= 4 is 16.3 Å². The highest BCUT2D eigenvalue weighted by Gasteiger charge is 2.29. The first kappa shape index (κ1) is 12.8. The molecule has 2 heterocycles. The number of aromatic nitrogens is 3. The zero-order valence-corrected chi connectivity index (χ0v) is 11.7. The van der Waals surface area contributed by atoms with E-state index in [4.69, 9.17) is 0 Å². The molecule has 1 aromatic carbocycles. The predicted molar refractivity (Wildman–Crippen MR) is 74.1 cm³/mol. The maximum Gasteiger partial charge on any atom is 0.213 e. The lowest BCUT2D eigenvalue weighted by molar-refractivity contribution is 0.275. The van der Waals surface area contributed by atoms with Crippen molar-refractivity contribution in [2.45, 2.75) is 25.4 Å². The molecule has 3 aromatic rings. The molecule has 2 aromatic heterocycles. The van der Waals surface area contributed by atoms with Crippen LogP contribution in [0.4, 0.5) is 8.78 Å². The lowest BCUT2D eigenvalue weighted by atomic mass is 10.1. The molecule has 1 aliphatic rings. The molecule has 1 aliphatic carbocycles. The Labute approximate surface area is 122 Å². The smallest absolute Gasteiger partial charge is 0.213 e. The third-order valence-corrected chi connectivity index (χ3v) is 4.64. The van der Waals surface area contributed by atoms with Gasteiger partial charge in [-0.05, 0) is 31.0 Å². The van der Waals surface area contributed by atoms with Crippen molar-refractivity contribution in [3.8, 4) is 11.3 Å². The van der Waals surface area contributed by atoms with E-state index in [1.165, 1.54) is 15.9 Å². The minimum atomic E-state index is -0.570. The van der Waals surface area contributed by atoms with Crippen LogP contribution in [0.2, 0.25) is 0 Å². The highest BCUT2D eigenvalue weighted by molar-refractivity contribution is 7.16. The van der Waals surface area contributed by atoms with Gasteiger partial charge in [0.1, 0.15) is 22.3 Å². The molecule has 1 N–H and O–H groups in total. The van der Waals surface area contributed by atoms with Gasteiger partial charge in [-0.3, -0.25) is 0 Å². The second-order valence-corrected chi connectivity index (χ2v) is 6.09. The molecule has 0 spiro atoms. The summed E-state index contributed by atoms with van der Waals surface area (Å²) in [6.07, 6.45) is 2.24. The van der Waals surface area contributed by atoms with E-state index in [2.05, 4.69) is 10.1 Å². The van der Waals surface area contributed by atoms with Crippen LogP contribution >= 0.6 is 11.3 Å². The maximum atomic E-state index is 13.9. The van der Waals surface area contributed by atoms with Crippen molar-refractivity contribution < 1.29 is 13.9 Å². The van der Waals surface area contributed by atoms with Crippen molar-refractivity contribution in [2.75, 3.05) is 0 Å². The fraction of sp³-hybridized carbons (Fsp3) is 0.286. The molecular formula is C14H11F2N3OS. The van der Waals surface area contributed by atoms with Gasteiger partial charge in [0.05, 0.1) is 12.3 Å². The molecule has 108 valence electrons. The summed E-state index contributed by atoms with van der Waals surface area (Å²) < 4.78 is 28.8. The zero-order chi connectivity index (χ0) is 14.6. The summed E-state index contributed by atoms with van der Waals surface area (Å²) in [4.78, 5) is 4.94. The van der Waals surface area contributed by atoms with Gasteiger partial charge in [-0.25, -0.2) is 18.3 Å². The molecule has 0 atom stereocenters. The van der Waals surface area contributed by atoms with Gasteiger partial charge in [-0.2, -0.15) is 5.10 Å². The van der Waals surface area contributed by atoms with Crippen molar-refractivity contribution in [1.29, 1.82) is 0 Å². The molecule has 7 heteroatoms. The molecule has 0 aliphatic heterocycles. The zero-order valence-electron chi connectivity index (χ0n) is 10.9. The summed E-state index contributed by atoms with van der Waals surface area (Å²) in [7, 11) is 0. The number of aliphatic hydroxyl groups excluding tert-OH is 1. The monoisotopic (exact) mass is 307 g/mol. The van der Waals surface area contributed by atoms with E-state index in [0.29, 0.717) is 16.6 Å². The van der Waals surface area contributed by atoms with Gasteiger partial charge in [-0.1, -0.05) is 11.3 Å². The standard InChI is InChI=1S/C14H11F2N3OS/c15-8-3-4-10(16)9(5-8)12-11(6-20)19-14(17-12)21-13(18-19)7-1-2-7/h3-5,7,20H,1-2,6H2. The number of rotatable bonds is 3. The first-order chi connectivity index (χ1) is 10.2. The number of hydrogen-bond donors (Lipinski definition) is 1. The average Bonchev–Trinajstić information content (AvgIpc) is 3.14. The molecule has 4 rings (SSSR count). The fourth-order valence-electron chi connectivity index (χ4n) is 2.34. The summed E-state index contributed by atoms with van der Waals surface area (Å²) in [5.41, 5.74) is 0.679. The number of benzene rings is 1. The Morgan fingerprint density at radius 2 is 2.14 bits per heavy atom. The number of aliphatic hydroxyl groups is 1. The first-order valence-electron chi connectivity index (χ1n) is 6.62. The first-order valence-corrected chi connectivity index (χ1v) is 7.43. The Hall–Kier alpha value is -1.86. The quantitative estimate of drug-likeness (QED) is 0.809. The van der Waals surface area contributed by atoms with Gasteiger partial charge >= 0.3 is 0 Å². The molecule has 4 nitrogen and oxygen atoms in total. The van der Waals surface area contributed by atoms with E-state index in [-0.39, 0.29) is 17.9 Å². The lowest BCUT2D eigenvalue weighted by Gasteiger charge is -2.02. The van der Waals surface area contributed by atoms with E-state index in [0.717, 1.165) is 36.0 Å². The molecule has 0 amide bonds. The van der Waals surface area contributed by atoms with E-state index in [1.807, 2.05) is 0 Å². The van der Waals surface area contributed by atoms with Crippen LogP contribution in [0.1, 0.15) is 29.5 Å². The SMILES string of the molecule is OCc1c(-c2cc(F)ccc2F)nc2sc(C3CC3)nn12. The van der Waals surface area contributed by atoms with Crippen LogP contribution in [0.15, 0.2) is 18.2 Å². The lowest BCUT2D eigenvalue weighted by Crippen LogP contribution is -1.97. The molecule has 0 radical (unpaired) electrons. The Balaban J connectivity index is 1.91. The molecule has 0 bridgehead atoms. The maximum absolute atomic E-state index is 13.9. The average molecular weight is 307 g/mol. The van der Waals surface area contributed by atoms with Crippen molar-refractivity contribution in [3.63, 3.8) is 0 Å². The van der Waals surface area contributed by atoms with Gasteiger partial charge < -0.3 is 5.11 Å². The number of hydrogen-bond acceptors (Lipinski definition) is 4. The topological polar surface area (TPSA) is 50.4 Å². The largest absolute Gasteiger partial charge is 0.390 e. The Morgan fingerprint density at radius 3 is 2.86 bits per heavy atom. The highest BCUT2D eigenvalue weighted by atomic mass is 32.1. The minimum Gasteiger partial charge on any atom is -0.390 e. The predicted octanol–water partition coefficient (Wildman–Crippen LogP) is 3.11. The number of imidazole rings is 1. The minimum absolute atomic E-state index is 0.0460. The number of nitrogens with zero attached hydrogens (tertiary/aromatic N) is 3. The summed E-state index contributed by atoms with van der Waals surface area (Å²) >= 11 is 1.44. The highest BCUT2D eigenvalue weighted by Crippen LogP contribution is 2.42. The van der Waals surface area contributed by atoms with Crippen molar-refractivity contribution in [1.82, 2.24) is 14.6 Å². The van der Waals surface area contributed by atoms with E-state index < -0.39 is 11.6 Å². The summed E-state index contributed by atoms with van der Waals surface area (Å²) in [6.45, 7) is -0.333. The van der Waals surface area contributed by atoms with E-state index in [9.17, 15) is 13.9 Å². The van der Waals surface area contributed by atoms with Gasteiger partial charge in [0, 0.05) is 11.5 Å². The molecule has 1 fully saturated rings. The molecule has 0 saturated heterocycles. The summed E-state index contributed by atoms with van der Waals surface area (Å²) in [6, 6.07) is 3.20. The van der Waals surface area contributed by atoms with Crippen LogP contribution in [0, 0.1) is 11.6 Å². The molecular weight excluding hydrogens is 296 g/mol. The number of fused-ring (bicyclic) bond motifs is 1. The third kappa shape index (κ3) is 2.04. The van der Waals surface area contributed by atoms with Crippen LogP contribution < -0.4 is 0 Å². The Morgan fingerprint density at radius 1 is 1.33 bits per heavy atom. The van der Waals surface area contributed by atoms with Crippen LogP contribution in [0.25, 0.3) is 16.2 Å². The van der Waals surface area contributed by atoms with E-state index in [1.54, 1.807) is 0 Å². The number of halogens is 2. The normalized spacial score (nSPS) is 15.0. The Kier molecular flexibility index (Phi) is 2.80. The van der Waals surface area contributed by atoms with E-state index >= 15 is 0 Å². The van der Waals surface area contributed by atoms with Gasteiger partial charge in [-0.15, -0.1) is 0 Å². The van der Waals surface area contributed by atoms with Crippen LogP contribution in [-0.4, -0.2) is 19.7 Å².